The lowest BCUT2D eigenvalue weighted by Crippen LogP contribution is -2.11. The SMILES string of the molecule is Cn1nc(C(N)=O)cc1NCc1ccc(F)s1. The number of rotatable bonds is 4. The van der Waals surface area contributed by atoms with Crippen LogP contribution in [0.2, 0.25) is 0 Å². The molecular formula is C10H11FN4OS. The lowest BCUT2D eigenvalue weighted by Gasteiger charge is -2.03. The number of primary amides is 1. The summed E-state index contributed by atoms with van der Waals surface area (Å²) in [6, 6.07) is 4.68. The fourth-order valence-electron chi connectivity index (χ4n) is 1.38. The molecule has 2 rings (SSSR count). The van der Waals surface area contributed by atoms with Gasteiger partial charge in [-0.2, -0.15) is 9.49 Å². The number of nitrogens with zero attached hydrogens (tertiary/aromatic N) is 2. The Morgan fingerprint density at radius 3 is 2.94 bits per heavy atom. The van der Waals surface area contributed by atoms with Gasteiger partial charge in [-0.3, -0.25) is 9.48 Å². The van der Waals surface area contributed by atoms with Gasteiger partial charge in [0.2, 0.25) is 0 Å². The van der Waals surface area contributed by atoms with Crippen LogP contribution in [0, 0.1) is 5.13 Å². The summed E-state index contributed by atoms with van der Waals surface area (Å²) >= 11 is 1.08. The molecule has 0 spiro atoms. The van der Waals surface area contributed by atoms with Crippen molar-refractivity contribution in [3.63, 3.8) is 0 Å². The van der Waals surface area contributed by atoms with Crippen LogP contribution in [0.15, 0.2) is 18.2 Å². The standard InChI is InChI=1S/C10H11FN4OS/c1-15-9(4-7(14-15)10(12)16)13-5-6-2-3-8(11)17-6/h2-4,13H,5H2,1H3,(H2,12,16). The number of amides is 1. The van der Waals surface area contributed by atoms with E-state index in [0.29, 0.717) is 12.4 Å². The molecule has 5 nitrogen and oxygen atoms in total. The van der Waals surface area contributed by atoms with Crippen LogP contribution in [-0.2, 0) is 13.6 Å². The second kappa shape index (κ2) is 4.54. The minimum absolute atomic E-state index is 0.201. The number of halogens is 1. The highest BCUT2D eigenvalue weighted by atomic mass is 32.1. The minimum Gasteiger partial charge on any atom is -0.365 e. The molecule has 0 saturated heterocycles. The number of aromatic nitrogens is 2. The van der Waals surface area contributed by atoms with Gasteiger partial charge in [0.25, 0.3) is 5.91 Å². The van der Waals surface area contributed by atoms with Crippen LogP contribution in [0.3, 0.4) is 0 Å². The number of carbonyl (C=O) groups excluding carboxylic acids is 1. The third-order valence-corrected chi connectivity index (χ3v) is 3.08. The molecular weight excluding hydrogens is 243 g/mol. The lowest BCUT2D eigenvalue weighted by atomic mass is 10.4. The average molecular weight is 254 g/mol. The Kier molecular flexibility index (Phi) is 3.10. The molecule has 0 aliphatic rings. The van der Waals surface area contributed by atoms with E-state index in [1.807, 2.05) is 0 Å². The Balaban J connectivity index is 2.06. The second-order valence-electron chi connectivity index (χ2n) is 3.46. The molecule has 3 N–H and O–H groups in total. The maximum absolute atomic E-state index is 12.8. The van der Waals surface area contributed by atoms with E-state index in [1.165, 1.54) is 10.7 Å². The van der Waals surface area contributed by atoms with E-state index < -0.39 is 5.91 Å². The number of hydrogen-bond donors (Lipinski definition) is 2. The summed E-state index contributed by atoms with van der Waals surface area (Å²) in [5, 5.41) is 6.77. The van der Waals surface area contributed by atoms with Gasteiger partial charge in [-0.15, -0.1) is 11.3 Å². The first-order valence-electron chi connectivity index (χ1n) is 4.88. The number of nitrogens with one attached hydrogen (secondary N) is 1. The number of nitrogens with two attached hydrogens (primary N) is 1. The molecule has 2 aromatic heterocycles. The molecule has 0 bridgehead atoms. The number of carbonyl (C=O) groups is 1. The van der Waals surface area contributed by atoms with E-state index in [0.717, 1.165) is 16.2 Å². The van der Waals surface area contributed by atoms with Crippen LogP contribution in [0.5, 0.6) is 0 Å². The first-order valence-corrected chi connectivity index (χ1v) is 5.70. The predicted molar refractivity (Wildman–Crippen MR) is 63.3 cm³/mol. The average Bonchev–Trinajstić information content (AvgIpc) is 2.82. The molecule has 17 heavy (non-hydrogen) atoms. The predicted octanol–water partition coefficient (Wildman–Crippen LogP) is 1.33. The summed E-state index contributed by atoms with van der Waals surface area (Å²) < 4.78 is 14.3. The van der Waals surface area contributed by atoms with Crippen molar-refractivity contribution in [1.82, 2.24) is 9.78 Å². The Morgan fingerprint density at radius 1 is 1.65 bits per heavy atom. The monoisotopic (exact) mass is 254 g/mol. The van der Waals surface area contributed by atoms with E-state index in [1.54, 1.807) is 19.2 Å². The molecule has 2 heterocycles. The molecule has 0 fully saturated rings. The molecule has 0 aromatic carbocycles. The first kappa shape index (κ1) is 11.6. The Morgan fingerprint density at radius 2 is 2.41 bits per heavy atom. The van der Waals surface area contributed by atoms with Crippen LogP contribution in [0.25, 0.3) is 0 Å². The summed E-state index contributed by atoms with van der Waals surface area (Å²) in [5.74, 6) is 0.0865. The van der Waals surface area contributed by atoms with Gasteiger partial charge in [-0.1, -0.05) is 0 Å². The highest BCUT2D eigenvalue weighted by molar-refractivity contribution is 7.10. The smallest absolute Gasteiger partial charge is 0.269 e. The highest BCUT2D eigenvalue weighted by Gasteiger charge is 2.09. The number of hydrogen-bond acceptors (Lipinski definition) is 4. The molecule has 2 aromatic rings. The first-order chi connectivity index (χ1) is 8.06. The Bertz CT molecular complexity index is 548. The third kappa shape index (κ3) is 2.62. The van der Waals surface area contributed by atoms with Gasteiger partial charge >= 0.3 is 0 Å². The second-order valence-corrected chi connectivity index (χ2v) is 4.58. The van der Waals surface area contributed by atoms with Crippen LogP contribution in [0.1, 0.15) is 15.4 Å². The van der Waals surface area contributed by atoms with E-state index >= 15 is 0 Å². The molecule has 0 aliphatic carbocycles. The van der Waals surface area contributed by atoms with Crippen molar-refractivity contribution in [3.05, 3.63) is 33.9 Å². The molecule has 7 heteroatoms. The van der Waals surface area contributed by atoms with Gasteiger partial charge in [-0.25, -0.2) is 0 Å². The quantitative estimate of drug-likeness (QED) is 0.864. The van der Waals surface area contributed by atoms with Crippen molar-refractivity contribution >= 4 is 23.1 Å². The Hall–Kier alpha value is -1.89. The van der Waals surface area contributed by atoms with Crippen LogP contribution in [-0.4, -0.2) is 15.7 Å². The molecule has 0 aliphatic heterocycles. The molecule has 0 atom stereocenters. The topological polar surface area (TPSA) is 72.9 Å². The number of anilines is 1. The number of aryl methyl sites for hydroxylation is 1. The molecule has 0 radical (unpaired) electrons. The number of thiophene rings is 1. The van der Waals surface area contributed by atoms with E-state index in [9.17, 15) is 9.18 Å². The molecule has 0 unspecified atom stereocenters. The summed E-state index contributed by atoms with van der Waals surface area (Å²) in [7, 11) is 1.70. The summed E-state index contributed by atoms with van der Waals surface area (Å²) in [6.45, 7) is 0.478. The van der Waals surface area contributed by atoms with Crippen molar-refractivity contribution in [2.45, 2.75) is 6.54 Å². The lowest BCUT2D eigenvalue weighted by molar-refractivity contribution is 0.0995. The van der Waals surface area contributed by atoms with Crippen LogP contribution >= 0.6 is 11.3 Å². The van der Waals surface area contributed by atoms with Crippen LogP contribution in [0.4, 0.5) is 10.2 Å². The summed E-state index contributed by atoms with van der Waals surface area (Å²) in [6.07, 6.45) is 0. The maximum Gasteiger partial charge on any atom is 0.269 e. The van der Waals surface area contributed by atoms with Crippen molar-refractivity contribution < 1.29 is 9.18 Å². The molecule has 1 amide bonds. The summed E-state index contributed by atoms with van der Waals surface area (Å²) in [5.41, 5.74) is 5.32. The zero-order valence-electron chi connectivity index (χ0n) is 9.11. The van der Waals surface area contributed by atoms with Crippen molar-refractivity contribution in [1.29, 1.82) is 0 Å². The van der Waals surface area contributed by atoms with E-state index in [2.05, 4.69) is 10.4 Å². The minimum atomic E-state index is -0.573. The van der Waals surface area contributed by atoms with Gasteiger partial charge in [0.15, 0.2) is 10.8 Å². The zero-order valence-corrected chi connectivity index (χ0v) is 9.92. The van der Waals surface area contributed by atoms with Gasteiger partial charge < -0.3 is 11.1 Å². The zero-order chi connectivity index (χ0) is 12.4. The van der Waals surface area contributed by atoms with Crippen molar-refractivity contribution in [2.24, 2.45) is 12.8 Å². The van der Waals surface area contributed by atoms with E-state index in [-0.39, 0.29) is 10.8 Å². The van der Waals surface area contributed by atoms with Crippen molar-refractivity contribution in [3.8, 4) is 0 Å². The fourth-order valence-corrected chi connectivity index (χ4v) is 2.04. The maximum atomic E-state index is 12.8. The third-order valence-electron chi connectivity index (χ3n) is 2.20. The fraction of sp³-hybridized carbons (Fsp3) is 0.200. The largest absolute Gasteiger partial charge is 0.365 e. The molecule has 90 valence electrons. The summed E-state index contributed by atoms with van der Waals surface area (Å²) in [4.78, 5) is 11.8. The van der Waals surface area contributed by atoms with Gasteiger partial charge in [0.1, 0.15) is 5.82 Å². The van der Waals surface area contributed by atoms with Gasteiger partial charge in [0.05, 0.1) is 6.54 Å². The highest BCUT2D eigenvalue weighted by Crippen LogP contribution is 2.16. The normalized spacial score (nSPS) is 10.5. The van der Waals surface area contributed by atoms with Crippen molar-refractivity contribution in [2.75, 3.05) is 5.32 Å². The Labute approximate surface area is 101 Å². The van der Waals surface area contributed by atoms with Gasteiger partial charge in [-0.05, 0) is 12.1 Å². The van der Waals surface area contributed by atoms with Crippen LogP contribution < -0.4 is 11.1 Å². The van der Waals surface area contributed by atoms with Gasteiger partial charge in [0, 0.05) is 18.0 Å². The van der Waals surface area contributed by atoms with E-state index in [4.69, 9.17) is 5.73 Å². The molecule has 0 saturated carbocycles.